The minimum atomic E-state index is -2.53. The number of methoxy groups -OCH3 is 1. The number of rotatable bonds is 4. The highest BCUT2D eigenvalue weighted by Gasteiger charge is 2.40. The van der Waals surface area contributed by atoms with Crippen LogP contribution in [0.4, 0.5) is 14.5 Å². The highest BCUT2D eigenvalue weighted by molar-refractivity contribution is 6.07. The van der Waals surface area contributed by atoms with Crippen molar-refractivity contribution >= 4 is 22.6 Å². The molecular formula is C23H28F2N2O4. The van der Waals surface area contributed by atoms with E-state index in [1.807, 2.05) is 0 Å². The molecule has 3 aliphatic rings. The van der Waals surface area contributed by atoms with Gasteiger partial charge in [0.05, 0.1) is 32.6 Å². The average molecular weight is 434 g/mol. The van der Waals surface area contributed by atoms with Crippen molar-refractivity contribution in [2.24, 2.45) is 10.9 Å². The fourth-order valence-electron chi connectivity index (χ4n) is 5.06. The van der Waals surface area contributed by atoms with Crippen LogP contribution in [0.15, 0.2) is 27.6 Å². The molecule has 0 N–H and O–H groups in total. The summed E-state index contributed by atoms with van der Waals surface area (Å²) in [6.07, 6.45) is 2.50. The van der Waals surface area contributed by atoms with Gasteiger partial charge in [-0.15, -0.1) is 0 Å². The van der Waals surface area contributed by atoms with E-state index < -0.39 is 6.43 Å². The minimum absolute atomic E-state index is 0.00894. The van der Waals surface area contributed by atoms with Crippen molar-refractivity contribution in [2.75, 3.05) is 44.9 Å². The molecule has 2 fully saturated rings. The van der Waals surface area contributed by atoms with Gasteiger partial charge in [-0.1, -0.05) is 0 Å². The van der Waals surface area contributed by atoms with Crippen molar-refractivity contribution in [2.45, 2.75) is 44.3 Å². The number of hydrogen-bond acceptors (Lipinski definition) is 6. The van der Waals surface area contributed by atoms with Gasteiger partial charge in [0, 0.05) is 36.9 Å². The zero-order chi connectivity index (χ0) is 21.4. The summed E-state index contributed by atoms with van der Waals surface area (Å²) in [5, 5.41) is 0.690. The summed E-state index contributed by atoms with van der Waals surface area (Å²) in [7, 11) is 1.56. The molecular weight excluding hydrogens is 406 g/mol. The molecule has 2 aromatic rings. The highest BCUT2D eigenvalue weighted by Crippen LogP contribution is 2.41. The lowest BCUT2D eigenvalue weighted by Gasteiger charge is -2.36. The molecule has 0 atom stereocenters. The summed E-state index contributed by atoms with van der Waals surface area (Å²) in [6.45, 7) is 3.45. The van der Waals surface area contributed by atoms with E-state index in [0.29, 0.717) is 54.8 Å². The molecule has 5 rings (SSSR count). The number of nitrogens with zero attached hydrogens (tertiary/aromatic N) is 2. The number of ether oxygens (including phenoxy) is 3. The number of hydrogen-bond donors (Lipinski definition) is 0. The smallest absolute Gasteiger partial charge is 0.263 e. The van der Waals surface area contributed by atoms with E-state index in [9.17, 15) is 8.78 Å². The Morgan fingerprint density at radius 3 is 2.71 bits per heavy atom. The van der Waals surface area contributed by atoms with Crippen LogP contribution in [0.2, 0.25) is 0 Å². The SMILES string of the molecule is COC1=NCCN(CCC2CCC3(CC2)OCCO3)c2c1oc1ccc(C(F)F)cc21. The number of anilines is 1. The normalized spacial score (nSPS) is 21.5. The lowest BCUT2D eigenvalue weighted by molar-refractivity contribution is -0.182. The summed E-state index contributed by atoms with van der Waals surface area (Å²) < 4.78 is 49.9. The van der Waals surface area contributed by atoms with Gasteiger partial charge >= 0.3 is 0 Å². The van der Waals surface area contributed by atoms with Crippen LogP contribution in [0.5, 0.6) is 0 Å². The summed E-state index contributed by atoms with van der Waals surface area (Å²) >= 11 is 0. The molecule has 0 amide bonds. The third kappa shape index (κ3) is 3.91. The second-order valence-corrected chi connectivity index (χ2v) is 8.55. The molecule has 1 saturated carbocycles. The van der Waals surface area contributed by atoms with Crippen molar-refractivity contribution < 1.29 is 27.4 Å². The van der Waals surface area contributed by atoms with Crippen LogP contribution in [-0.4, -0.2) is 51.6 Å². The van der Waals surface area contributed by atoms with Gasteiger partial charge in [0.1, 0.15) is 5.58 Å². The molecule has 8 heteroatoms. The van der Waals surface area contributed by atoms with Gasteiger partial charge in [0.15, 0.2) is 5.79 Å². The summed E-state index contributed by atoms with van der Waals surface area (Å²) in [4.78, 5) is 6.73. The zero-order valence-electron chi connectivity index (χ0n) is 17.7. The fraction of sp³-hybridized carbons (Fsp3) is 0.609. The standard InChI is InChI=1S/C23H28F2N2O4/c1-28-22-20-19(17-14-16(21(24)25)2-3-18(17)31-20)27(11-9-26-22)10-6-15-4-7-23(8-5-15)29-12-13-30-23/h2-3,14-15,21H,4-13H2,1H3. The second-order valence-electron chi connectivity index (χ2n) is 8.55. The van der Waals surface area contributed by atoms with Crippen molar-refractivity contribution in [1.29, 1.82) is 0 Å². The predicted octanol–water partition coefficient (Wildman–Crippen LogP) is 4.91. The first-order valence-corrected chi connectivity index (χ1v) is 11.0. The maximum absolute atomic E-state index is 13.4. The first-order chi connectivity index (χ1) is 15.1. The Labute approximate surface area is 180 Å². The van der Waals surface area contributed by atoms with Crippen LogP contribution in [-0.2, 0) is 14.2 Å². The van der Waals surface area contributed by atoms with Crippen LogP contribution in [0, 0.1) is 5.92 Å². The largest absolute Gasteiger partial charge is 0.479 e. The van der Waals surface area contributed by atoms with Gasteiger partial charge in [0.2, 0.25) is 5.76 Å². The first-order valence-electron chi connectivity index (χ1n) is 11.0. The number of aliphatic imine (C=N–C) groups is 1. The van der Waals surface area contributed by atoms with E-state index in [-0.39, 0.29) is 11.4 Å². The monoisotopic (exact) mass is 434 g/mol. The topological polar surface area (TPSA) is 56.4 Å². The molecule has 1 saturated heterocycles. The maximum atomic E-state index is 13.4. The third-order valence-corrected chi connectivity index (χ3v) is 6.75. The number of furan rings is 1. The second kappa shape index (κ2) is 8.39. The van der Waals surface area contributed by atoms with Gasteiger partial charge < -0.3 is 23.5 Å². The van der Waals surface area contributed by atoms with E-state index in [1.165, 1.54) is 12.1 Å². The van der Waals surface area contributed by atoms with Gasteiger partial charge in [0.25, 0.3) is 12.3 Å². The molecule has 1 spiro atoms. The molecule has 1 aromatic heterocycles. The average Bonchev–Trinajstić information content (AvgIpc) is 3.34. The van der Waals surface area contributed by atoms with Crippen molar-refractivity contribution in [3.63, 3.8) is 0 Å². The zero-order valence-corrected chi connectivity index (χ0v) is 17.7. The first kappa shape index (κ1) is 20.7. The van der Waals surface area contributed by atoms with Gasteiger partial charge in [-0.05, 0) is 43.4 Å². The van der Waals surface area contributed by atoms with Crippen LogP contribution in [0.3, 0.4) is 0 Å². The lowest BCUT2D eigenvalue weighted by atomic mass is 9.83. The van der Waals surface area contributed by atoms with Crippen molar-refractivity contribution in [3.8, 4) is 0 Å². The van der Waals surface area contributed by atoms with Gasteiger partial charge in [-0.3, -0.25) is 0 Å². The molecule has 168 valence electrons. The Morgan fingerprint density at radius 2 is 2.00 bits per heavy atom. The summed E-state index contributed by atoms with van der Waals surface area (Å²) in [6, 6.07) is 4.56. The number of halogens is 2. The Balaban J connectivity index is 1.37. The molecule has 0 bridgehead atoms. The van der Waals surface area contributed by atoms with Gasteiger partial charge in [-0.2, -0.15) is 0 Å². The van der Waals surface area contributed by atoms with E-state index in [4.69, 9.17) is 18.6 Å². The Morgan fingerprint density at radius 1 is 1.23 bits per heavy atom. The molecule has 3 heterocycles. The lowest BCUT2D eigenvalue weighted by Crippen LogP contribution is -2.36. The highest BCUT2D eigenvalue weighted by atomic mass is 19.3. The maximum Gasteiger partial charge on any atom is 0.263 e. The Kier molecular flexibility index (Phi) is 5.60. The predicted molar refractivity (Wildman–Crippen MR) is 113 cm³/mol. The van der Waals surface area contributed by atoms with Crippen LogP contribution in [0.1, 0.15) is 49.9 Å². The number of fused-ring (bicyclic) bond motifs is 3. The molecule has 2 aliphatic heterocycles. The van der Waals surface area contributed by atoms with E-state index in [0.717, 1.165) is 44.3 Å². The van der Waals surface area contributed by atoms with Crippen molar-refractivity contribution in [1.82, 2.24) is 0 Å². The molecule has 1 aliphatic carbocycles. The third-order valence-electron chi connectivity index (χ3n) is 6.75. The van der Waals surface area contributed by atoms with Gasteiger partial charge in [-0.25, -0.2) is 13.8 Å². The number of alkyl halides is 2. The van der Waals surface area contributed by atoms with E-state index >= 15 is 0 Å². The molecule has 0 radical (unpaired) electrons. The van der Waals surface area contributed by atoms with E-state index in [2.05, 4.69) is 9.89 Å². The molecule has 6 nitrogen and oxygen atoms in total. The molecule has 31 heavy (non-hydrogen) atoms. The summed E-state index contributed by atoms with van der Waals surface area (Å²) in [5.74, 6) is 1.18. The number of benzene rings is 1. The quantitative estimate of drug-likeness (QED) is 0.685. The van der Waals surface area contributed by atoms with Crippen LogP contribution < -0.4 is 4.90 Å². The molecule has 1 aromatic carbocycles. The summed E-state index contributed by atoms with van der Waals surface area (Å²) in [5.41, 5.74) is 1.37. The van der Waals surface area contributed by atoms with Crippen molar-refractivity contribution in [3.05, 3.63) is 29.5 Å². The Hall–Kier alpha value is -2.19. The van der Waals surface area contributed by atoms with E-state index in [1.54, 1.807) is 13.2 Å². The molecule has 0 unspecified atom stereocenters. The minimum Gasteiger partial charge on any atom is -0.479 e. The van der Waals surface area contributed by atoms with Crippen LogP contribution >= 0.6 is 0 Å². The Bertz CT molecular complexity index is 958. The van der Waals surface area contributed by atoms with Crippen LogP contribution in [0.25, 0.3) is 11.0 Å². The fourth-order valence-corrected chi connectivity index (χ4v) is 5.06.